The fourth-order valence-electron chi connectivity index (χ4n) is 2.50. The molecule has 0 aromatic rings. The maximum Gasteiger partial charge on any atom is 0.317 e. The number of carboxylic acid groups (broad SMARTS) is 1. The third kappa shape index (κ3) is 7.00. The number of nitrogens with zero attached hydrogens (tertiary/aromatic N) is 1. The maximum absolute atomic E-state index is 11.1. The van der Waals surface area contributed by atoms with Gasteiger partial charge in [-0.15, -0.1) is 0 Å². The number of hydrogen-bond donors (Lipinski definition) is 1. The monoisotopic (exact) mass is 257 g/mol. The molecule has 0 heterocycles. The molecule has 0 radical (unpaired) electrons. The quantitative estimate of drug-likeness (QED) is 0.757. The molecule has 0 aromatic heterocycles. The second-order valence-corrected chi connectivity index (χ2v) is 7.11. The molecule has 0 rings (SSSR count). The molecule has 1 N–H and O–H groups in total. The lowest BCUT2D eigenvalue weighted by atomic mass is 9.91. The van der Waals surface area contributed by atoms with Gasteiger partial charge < -0.3 is 5.11 Å². The molecule has 0 spiro atoms. The average molecular weight is 257 g/mol. The summed E-state index contributed by atoms with van der Waals surface area (Å²) < 4.78 is 0. The molecule has 0 aromatic carbocycles. The van der Waals surface area contributed by atoms with E-state index in [-0.39, 0.29) is 12.1 Å². The minimum absolute atomic E-state index is 0.104. The Morgan fingerprint density at radius 1 is 1.06 bits per heavy atom. The molecular formula is C15H31NO2. The summed E-state index contributed by atoms with van der Waals surface area (Å²) in [6, 6.07) is 0.348. The highest BCUT2D eigenvalue weighted by Crippen LogP contribution is 2.25. The zero-order chi connectivity index (χ0) is 14.5. The lowest BCUT2D eigenvalue weighted by Gasteiger charge is -2.42. The molecule has 0 aliphatic heterocycles. The predicted octanol–water partition coefficient (Wildman–Crippen LogP) is 3.63. The van der Waals surface area contributed by atoms with Gasteiger partial charge in [0.05, 0.1) is 6.54 Å². The second kappa shape index (κ2) is 7.13. The summed E-state index contributed by atoms with van der Waals surface area (Å²) in [5, 5.41) is 9.12. The Hall–Kier alpha value is -0.570. The SMILES string of the molecule is CC(C)CC(CC(C)C)N(CC(=O)O)C(C)(C)C. The molecule has 0 saturated carbocycles. The van der Waals surface area contributed by atoms with E-state index in [9.17, 15) is 4.79 Å². The first-order valence-electron chi connectivity index (χ1n) is 7.02. The van der Waals surface area contributed by atoms with Crippen molar-refractivity contribution in [2.75, 3.05) is 6.54 Å². The van der Waals surface area contributed by atoms with Crippen molar-refractivity contribution in [3.05, 3.63) is 0 Å². The fourth-order valence-corrected chi connectivity index (χ4v) is 2.50. The van der Waals surface area contributed by atoms with E-state index in [0.29, 0.717) is 17.9 Å². The third-order valence-corrected chi connectivity index (χ3v) is 3.09. The van der Waals surface area contributed by atoms with Gasteiger partial charge in [0.1, 0.15) is 0 Å². The van der Waals surface area contributed by atoms with Gasteiger partial charge in [-0.25, -0.2) is 0 Å². The van der Waals surface area contributed by atoms with Crippen LogP contribution in [0.1, 0.15) is 61.3 Å². The minimum atomic E-state index is -0.734. The first-order valence-corrected chi connectivity index (χ1v) is 7.02. The van der Waals surface area contributed by atoms with Gasteiger partial charge in [-0.1, -0.05) is 27.7 Å². The Morgan fingerprint density at radius 2 is 1.44 bits per heavy atom. The van der Waals surface area contributed by atoms with Crippen LogP contribution in [-0.2, 0) is 4.79 Å². The molecule has 0 bridgehead atoms. The van der Waals surface area contributed by atoms with Gasteiger partial charge in [-0.05, 0) is 45.4 Å². The van der Waals surface area contributed by atoms with Gasteiger partial charge in [0.25, 0.3) is 0 Å². The smallest absolute Gasteiger partial charge is 0.317 e. The molecule has 0 atom stereocenters. The van der Waals surface area contributed by atoms with Crippen LogP contribution in [-0.4, -0.2) is 34.1 Å². The van der Waals surface area contributed by atoms with Crippen LogP contribution in [0.25, 0.3) is 0 Å². The highest BCUT2D eigenvalue weighted by molar-refractivity contribution is 5.69. The Balaban J connectivity index is 4.99. The molecule has 18 heavy (non-hydrogen) atoms. The molecule has 108 valence electrons. The van der Waals surface area contributed by atoms with E-state index < -0.39 is 5.97 Å². The molecule has 0 aliphatic carbocycles. The van der Waals surface area contributed by atoms with E-state index in [1.807, 2.05) is 0 Å². The van der Waals surface area contributed by atoms with Gasteiger partial charge in [-0.3, -0.25) is 9.69 Å². The van der Waals surface area contributed by atoms with Crippen LogP contribution in [0.2, 0.25) is 0 Å². The molecule has 3 nitrogen and oxygen atoms in total. The maximum atomic E-state index is 11.1. The highest BCUT2D eigenvalue weighted by atomic mass is 16.4. The van der Waals surface area contributed by atoms with E-state index in [1.54, 1.807) is 0 Å². The van der Waals surface area contributed by atoms with Crippen molar-refractivity contribution in [3.63, 3.8) is 0 Å². The van der Waals surface area contributed by atoms with Gasteiger partial charge >= 0.3 is 5.97 Å². The molecule has 0 fully saturated rings. The number of aliphatic carboxylic acids is 1. The summed E-state index contributed by atoms with van der Waals surface area (Å²) in [5.74, 6) is 0.447. The van der Waals surface area contributed by atoms with Gasteiger partial charge in [0.2, 0.25) is 0 Å². The molecule has 0 unspecified atom stereocenters. The lowest BCUT2D eigenvalue weighted by molar-refractivity contribution is -0.141. The Kier molecular flexibility index (Phi) is 6.90. The standard InChI is InChI=1S/C15H31NO2/c1-11(2)8-13(9-12(3)4)16(10-14(17)18)15(5,6)7/h11-13H,8-10H2,1-7H3,(H,17,18). The zero-order valence-electron chi connectivity index (χ0n) is 13.2. The van der Waals surface area contributed by atoms with Crippen LogP contribution in [0.15, 0.2) is 0 Å². The Labute approximate surface area is 113 Å². The van der Waals surface area contributed by atoms with Gasteiger partial charge in [0.15, 0.2) is 0 Å². The number of carbonyl (C=O) groups is 1. The van der Waals surface area contributed by atoms with Crippen molar-refractivity contribution in [3.8, 4) is 0 Å². The predicted molar refractivity (Wildman–Crippen MR) is 76.8 cm³/mol. The molecule has 0 aliphatic rings. The summed E-state index contributed by atoms with van der Waals surface area (Å²) in [6.07, 6.45) is 2.12. The highest BCUT2D eigenvalue weighted by Gasteiger charge is 2.31. The van der Waals surface area contributed by atoms with Crippen LogP contribution in [0, 0.1) is 11.8 Å². The van der Waals surface area contributed by atoms with Crippen LogP contribution in [0.5, 0.6) is 0 Å². The van der Waals surface area contributed by atoms with Crippen molar-refractivity contribution in [1.29, 1.82) is 0 Å². The van der Waals surface area contributed by atoms with E-state index in [2.05, 4.69) is 53.4 Å². The Morgan fingerprint density at radius 3 is 1.67 bits per heavy atom. The first kappa shape index (κ1) is 17.4. The van der Waals surface area contributed by atoms with Crippen molar-refractivity contribution in [1.82, 2.24) is 4.90 Å². The Bertz CT molecular complexity index is 244. The topological polar surface area (TPSA) is 40.5 Å². The third-order valence-electron chi connectivity index (χ3n) is 3.09. The summed E-state index contributed by atoms with van der Waals surface area (Å²) in [7, 11) is 0. The van der Waals surface area contributed by atoms with Crippen LogP contribution in [0.4, 0.5) is 0 Å². The fraction of sp³-hybridized carbons (Fsp3) is 0.933. The van der Waals surface area contributed by atoms with Gasteiger partial charge in [-0.2, -0.15) is 0 Å². The molecule has 3 heteroatoms. The second-order valence-electron chi connectivity index (χ2n) is 7.11. The zero-order valence-corrected chi connectivity index (χ0v) is 13.2. The van der Waals surface area contributed by atoms with Crippen molar-refractivity contribution in [2.24, 2.45) is 11.8 Å². The van der Waals surface area contributed by atoms with E-state index in [0.717, 1.165) is 12.8 Å². The summed E-state index contributed by atoms with van der Waals surface area (Å²) in [4.78, 5) is 13.2. The van der Waals surface area contributed by atoms with Gasteiger partial charge in [0, 0.05) is 11.6 Å². The molecule has 0 saturated heterocycles. The van der Waals surface area contributed by atoms with Crippen LogP contribution in [0.3, 0.4) is 0 Å². The lowest BCUT2D eigenvalue weighted by Crippen LogP contribution is -2.51. The molecule has 0 amide bonds. The first-order chi connectivity index (χ1) is 8.04. The average Bonchev–Trinajstić information content (AvgIpc) is 2.09. The van der Waals surface area contributed by atoms with E-state index in [4.69, 9.17) is 5.11 Å². The van der Waals surface area contributed by atoms with Crippen molar-refractivity contribution in [2.45, 2.75) is 72.9 Å². The number of carboxylic acids is 1. The summed E-state index contributed by atoms with van der Waals surface area (Å²) >= 11 is 0. The van der Waals surface area contributed by atoms with Crippen molar-refractivity contribution < 1.29 is 9.90 Å². The minimum Gasteiger partial charge on any atom is -0.480 e. The van der Waals surface area contributed by atoms with Crippen LogP contribution >= 0.6 is 0 Å². The number of rotatable bonds is 7. The summed E-state index contributed by atoms with van der Waals surface area (Å²) in [5.41, 5.74) is -0.104. The van der Waals surface area contributed by atoms with Crippen molar-refractivity contribution >= 4 is 5.97 Å². The number of hydrogen-bond acceptors (Lipinski definition) is 2. The normalized spacial score (nSPS) is 13.1. The van der Waals surface area contributed by atoms with Crippen LogP contribution < -0.4 is 0 Å². The van der Waals surface area contributed by atoms with E-state index in [1.165, 1.54) is 0 Å². The largest absolute Gasteiger partial charge is 0.480 e. The molecular weight excluding hydrogens is 226 g/mol. The van der Waals surface area contributed by atoms with E-state index >= 15 is 0 Å². The summed E-state index contributed by atoms with van der Waals surface area (Å²) in [6.45, 7) is 15.2.